The van der Waals surface area contributed by atoms with E-state index < -0.39 is 8.32 Å². The van der Waals surface area contributed by atoms with Crippen molar-refractivity contribution in [2.45, 2.75) is 45.5 Å². The Morgan fingerprint density at radius 3 is 2.19 bits per heavy atom. The molecule has 0 unspecified atom stereocenters. The molecule has 0 N–H and O–H groups in total. The molecule has 1 aromatic carbocycles. The number of rotatable bonds is 4. The highest BCUT2D eigenvalue weighted by Crippen LogP contribution is 2.37. The van der Waals surface area contributed by atoms with E-state index in [1.807, 2.05) is 24.4 Å². The summed E-state index contributed by atoms with van der Waals surface area (Å²) in [4.78, 5) is 4.37. The molecule has 21 heavy (non-hydrogen) atoms. The van der Waals surface area contributed by atoms with Crippen molar-refractivity contribution in [1.82, 2.24) is 4.98 Å². The highest BCUT2D eigenvalue weighted by atomic mass is 28.4. The molecule has 2 nitrogen and oxygen atoms in total. The number of benzene rings is 1. The first kappa shape index (κ1) is 15.9. The highest BCUT2D eigenvalue weighted by molar-refractivity contribution is 6.74. The monoisotopic (exact) mass is 299 g/mol. The Kier molecular flexibility index (Phi) is 4.64. The van der Waals surface area contributed by atoms with Gasteiger partial charge in [0.1, 0.15) is 0 Å². The number of hydrogen-bond acceptors (Lipinski definition) is 2. The molecule has 0 saturated carbocycles. The third-order valence-electron chi connectivity index (χ3n) is 4.32. The van der Waals surface area contributed by atoms with E-state index in [0.29, 0.717) is 6.61 Å². The maximum atomic E-state index is 6.25. The molecule has 1 aromatic heterocycles. The average Bonchev–Trinajstić information content (AvgIpc) is 2.45. The van der Waals surface area contributed by atoms with Crippen LogP contribution < -0.4 is 0 Å². The van der Waals surface area contributed by atoms with Gasteiger partial charge in [-0.1, -0.05) is 51.1 Å². The Morgan fingerprint density at radius 1 is 1.00 bits per heavy atom. The van der Waals surface area contributed by atoms with E-state index in [0.717, 1.165) is 11.3 Å². The predicted octanol–water partition coefficient (Wildman–Crippen LogP) is 5.27. The minimum absolute atomic E-state index is 0.251. The predicted molar refractivity (Wildman–Crippen MR) is 91.7 cm³/mol. The first-order chi connectivity index (χ1) is 9.79. The van der Waals surface area contributed by atoms with Crippen molar-refractivity contribution in [1.29, 1.82) is 0 Å². The molecule has 2 aromatic rings. The molecule has 0 bridgehead atoms. The number of pyridine rings is 1. The van der Waals surface area contributed by atoms with Crippen LogP contribution in [0.15, 0.2) is 48.7 Å². The van der Waals surface area contributed by atoms with Crippen molar-refractivity contribution in [3.63, 3.8) is 0 Å². The van der Waals surface area contributed by atoms with Gasteiger partial charge in [-0.25, -0.2) is 0 Å². The quantitative estimate of drug-likeness (QED) is 0.717. The molecule has 112 valence electrons. The van der Waals surface area contributed by atoms with Gasteiger partial charge in [-0.05, 0) is 35.8 Å². The molecule has 0 saturated heterocycles. The Hall–Kier alpha value is -1.45. The lowest BCUT2D eigenvalue weighted by Crippen LogP contribution is -2.40. The highest BCUT2D eigenvalue weighted by Gasteiger charge is 2.36. The van der Waals surface area contributed by atoms with Crippen LogP contribution in [-0.4, -0.2) is 13.3 Å². The van der Waals surface area contributed by atoms with E-state index in [9.17, 15) is 0 Å². The average molecular weight is 299 g/mol. The Balaban J connectivity index is 2.04. The number of hydrogen-bond donors (Lipinski definition) is 0. The van der Waals surface area contributed by atoms with Crippen molar-refractivity contribution >= 4 is 8.32 Å². The summed E-state index contributed by atoms with van der Waals surface area (Å²) >= 11 is 0. The van der Waals surface area contributed by atoms with Gasteiger partial charge in [0.15, 0.2) is 8.32 Å². The fourth-order valence-electron chi connectivity index (χ4n) is 1.79. The zero-order valence-corrected chi connectivity index (χ0v) is 14.7. The second kappa shape index (κ2) is 6.12. The van der Waals surface area contributed by atoms with Gasteiger partial charge >= 0.3 is 0 Å². The molecule has 0 atom stereocenters. The summed E-state index contributed by atoms with van der Waals surface area (Å²) in [5.41, 5.74) is 3.38. The minimum Gasteiger partial charge on any atom is -0.413 e. The van der Waals surface area contributed by atoms with E-state index >= 15 is 0 Å². The summed E-state index contributed by atoms with van der Waals surface area (Å²) in [6, 6.07) is 14.5. The lowest BCUT2D eigenvalue weighted by atomic mass is 10.1. The molecule has 0 aliphatic carbocycles. The number of nitrogens with zero attached hydrogens (tertiary/aromatic N) is 1. The van der Waals surface area contributed by atoms with Crippen molar-refractivity contribution in [2.24, 2.45) is 0 Å². The maximum absolute atomic E-state index is 6.25. The fraction of sp³-hybridized carbons (Fsp3) is 0.389. The number of aromatic nitrogens is 1. The topological polar surface area (TPSA) is 22.1 Å². The van der Waals surface area contributed by atoms with Crippen LogP contribution in [0.2, 0.25) is 18.1 Å². The summed E-state index contributed by atoms with van der Waals surface area (Å²) in [6.07, 6.45) is 1.82. The lowest BCUT2D eigenvalue weighted by Gasteiger charge is -2.36. The SMILES string of the molecule is CC(C)(C)[Si](C)(C)OCc1ccc(-c2ccccn2)cc1. The van der Waals surface area contributed by atoms with Gasteiger partial charge in [-0.3, -0.25) is 4.98 Å². The van der Waals surface area contributed by atoms with Crippen LogP contribution in [0.1, 0.15) is 26.3 Å². The molecule has 3 heteroatoms. The van der Waals surface area contributed by atoms with Gasteiger partial charge in [0.2, 0.25) is 0 Å². The first-order valence-corrected chi connectivity index (χ1v) is 10.3. The summed E-state index contributed by atoms with van der Waals surface area (Å²) in [6.45, 7) is 12.1. The molecule has 1 heterocycles. The maximum Gasteiger partial charge on any atom is 0.192 e. The standard InChI is InChI=1S/C18H25NOSi/c1-18(2,3)21(4,5)20-14-15-9-11-16(12-10-15)17-8-6-7-13-19-17/h6-13H,14H2,1-5H3. The second-order valence-electron chi connectivity index (χ2n) is 6.96. The van der Waals surface area contributed by atoms with Crippen LogP contribution in [0.3, 0.4) is 0 Å². The van der Waals surface area contributed by atoms with Crippen molar-refractivity contribution in [3.8, 4) is 11.3 Å². The molecular formula is C18H25NOSi. The molecule has 0 radical (unpaired) electrons. The fourth-order valence-corrected chi connectivity index (χ4v) is 2.75. The van der Waals surface area contributed by atoms with E-state index in [2.05, 4.69) is 63.1 Å². The molecule has 0 amide bonds. The zero-order valence-electron chi connectivity index (χ0n) is 13.7. The third-order valence-corrected chi connectivity index (χ3v) is 8.80. The second-order valence-corrected chi connectivity index (χ2v) is 11.8. The van der Waals surface area contributed by atoms with Crippen LogP contribution in [0.5, 0.6) is 0 Å². The van der Waals surface area contributed by atoms with Gasteiger partial charge in [-0.2, -0.15) is 0 Å². The molecule has 0 aliphatic heterocycles. The Labute approximate surface area is 129 Å². The van der Waals surface area contributed by atoms with Crippen molar-refractivity contribution in [2.75, 3.05) is 0 Å². The molecule has 0 fully saturated rings. The summed E-state index contributed by atoms with van der Waals surface area (Å²) < 4.78 is 6.25. The third kappa shape index (κ3) is 4.02. The Morgan fingerprint density at radius 2 is 1.67 bits per heavy atom. The van der Waals surface area contributed by atoms with Gasteiger partial charge < -0.3 is 4.43 Å². The summed E-state index contributed by atoms with van der Waals surface area (Å²) in [5.74, 6) is 0. The minimum atomic E-state index is -1.68. The zero-order chi connectivity index (χ0) is 15.5. The van der Waals surface area contributed by atoms with Gasteiger partial charge in [0.25, 0.3) is 0 Å². The Bertz CT molecular complexity index is 570. The normalized spacial score (nSPS) is 12.4. The summed E-state index contributed by atoms with van der Waals surface area (Å²) in [5, 5.41) is 0.251. The largest absolute Gasteiger partial charge is 0.413 e. The van der Waals surface area contributed by atoms with Crippen LogP contribution in [0, 0.1) is 0 Å². The first-order valence-electron chi connectivity index (χ1n) is 7.44. The van der Waals surface area contributed by atoms with Gasteiger partial charge in [0.05, 0.1) is 12.3 Å². The van der Waals surface area contributed by atoms with Gasteiger partial charge in [-0.15, -0.1) is 0 Å². The summed E-state index contributed by atoms with van der Waals surface area (Å²) in [7, 11) is -1.68. The lowest BCUT2D eigenvalue weighted by molar-refractivity contribution is 0.276. The molecule has 0 aliphatic rings. The van der Waals surface area contributed by atoms with Crippen molar-refractivity contribution in [3.05, 3.63) is 54.2 Å². The van der Waals surface area contributed by atoms with Crippen LogP contribution in [-0.2, 0) is 11.0 Å². The van der Waals surface area contributed by atoms with E-state index in [4.69, 9.17) is 4.43 Å². The van der Waals surface area contributed by atoms with Crippen LogP contribution >= 0.6 is 0 Å². The van der Waals surface area contributed by atoms with Crippen LogP contribution in [0.25, 0.3) is 11.3 Å². The van der Waals surface area contributed by atoms with Crippen LogP contribution in [0.4, 0.5) is 0 Å². The molecule has 0 spiro atoms. The van der Waals surface area contributed by atoms with E-state index in [1.165, 1.54) is 5.56 Å². The van der Waals surface area contributed by atoms with Crippen molar-refractivity contribution < 1.29 is 4.43 Å². The van der Waals surface area contributed by atoms with E-state index in [1.54, 1.807) is 0 Å². The van der Waals surface area contributed by atoms with E-state index in [-0.39, 0.29) is 5.04 Å². The van der Waals surface area contributed by atoms with Gasteiger partial charge in [0, 0.05) is 11.8 Å². The smallest absolute Gasteiger partial charge is 0.192 e. The molecular weight excluding hydrogens is 274 g/mol. The molecule has 2 rings (SSSR count).